The molecule has 0 aliphatic rings. The fourth-order valence-corrected chi connectivity index (χ4v) is 3.14. The summed E-state index contributed by atoms with van der Waals surface area (Å²) in [5.41, 5.74) is 0.796. The number of imidazole rings is 1. The van der Waals surface area contributed by atoms with Gasteiger partial charge in [0.1, 0.15) is 5.82 Å². The molecular formula is C16H13ClFN3O3S. The van der Waals surface area contributed by atoms with Gasteiger partial charge in [-0.25, -0.2) is 14.2 Å². The SMILES string of the molecule is Cc1ccc(NC(=O)[C@H](C)OC(=O)c2c(Cl)nc3sccn23)cc1F. The van der Waals surface area contributed by atoms with Gasteiger partial charge in [0.2, 0.25) is 0 Å². The summed E-state index contributed by atoms with van der Waals surface area (Å²) in [5.74, 6) is -1.79. The zero-order valence-corrected chi connectivity index (χ0v) is 14.8. The Morgan fingerprint density at radius 2 is 2.20 bits per heavy atom. The first-order valence-corrected chi connectivity index (χ1v) is 8.51. The lowest BCUT2D eigenvalue weighted by Gasteiger charge is -2.13. The van der Waals surface area contributed by atoms with E-state index in [1.54, 1.807) is 30.6 Å². The summed E-state index contributed by atoms with van der Waals surface area (Å²) in [5, 5.41) is 4.25. The predicted octanol–water partition coefficient (Wildman–Crippen LogP) is 3.68. The van der Waals surface area contributed by atoms with Crippen LogP contribution in [0.4, 0.5) is 10.1 Å². The number of fused-ring (bicyclic) bond motifs is 1. The number of ether oxygens (including phenoxy) is 1. The number of aryl methyl sites for hydroxylation is 1. The Morgan fingerprint density at radius 3 is 2.92 bits per heavy atom. The highest BCUT2D eigenvalue weighted by Gasteiger charge is 2.25. The molecule has 2 heterocycles. The van der Waals surface area contributed by atoms with Gasteiger partial charge < -0.3 is 10.1 Å². The van der Waals surface area contributed by atoms with Gasteiger partial charge in [0.15, 0.2) is 21.9 Å². The molecule has 3 rings (SSSR count). The number of hydrogen-bond acceptors (Lipinski definition) is 5. The molecule has 0 aliphatic heterocycles. The average molecular weight is 382 g/mol. The molecule has 0 saturated heterocycles. The molecule has 25 heavy (non-hydrogen) atoms. The monoisotopic (exact) mass is 381 g/mol. The Labute approximate surface area is 151 Å². The van der Waals surface area contributed by atoms with Gasteiger partial charge in [-0.15, -0.1) is 11.3 Å². The number of esters is 1. The van der Waals surface area contributed by atoms with Gasteiger partial charge in [0.05, 0.1) is 0 Å². The van der Waals surface area contributed by atoms with Gasteiger partial charge in [-0.05, 0) is 31.5 Å². The number of rotatable bonds is 4. The topological polar surface area (TPSA) is 72.7 Å². The van der Waals surface area contributed by atoms with Crippen LogP contribution in [-0.2, 0) is 9.53 Å². The van der Waals surface area contributed by atoms with Crippen molar-refractivity contribution in [1.82, 2.24) is 9.38 Å². The van der Waals surface area contributed by atoms with Crippen LogP contribution in [0.3, 0.4) is 0 Å². The maximum absolute atomic E-state index is 13.5. The van der Waals surface area contributed by atoms with E-state index >= 15 is 0 Å². The molecule has 0 fully saturated rings. The molecular weight excluding hydrogens is 369 g/mol. The molecule has 2 aromatic heterocycles. The number of aromatic nitrogens is 2. The third-order valence-corrected chi connectivity index (χ3v) is 4.53. The van der Waals surface area contributed by atoms with Gasteiger partial charge >= 0.3 is 5.97 Å². The van der Waals surface area contributed by atoms with Crippen molar-refractivity contribution in [2.24, 2.45) is 0 Å². The highest BCUT2D eigenvalue weighted by atomic mass is 35.5. The number of hydrogen-bond donors (Lipinski definition) is 1. The quantitative estimate of drug-likeness (QED) is 0.700. The normalized spacial score (nSPS) is 12.2. The third kappa shape index (κ3) is 3.49. The van der Waals surface area contributed by atoms with Crippen LogP contribution in [0.15, 0.2) is 29.8 Å². The van der Waals surface area contributed by atoms with Crippen molar-refractivity contribution in [3.63, 3.8) is 0 Å². The van der Waals surface area contributed by atoms with Gasteiger partial charge in [0, 0.05) is 17.3 Å². The largest absolute Gasteiger partial charge is 0.448 e. The molecule has 0 bridgehead atoms. The number of thiazole rings is 1. The lowest BCUT2D eigenvalue weighted by molar-refractivity contribution is -0.123. The second-order valence-corrected chi connectivity index (χ2v) is 6.54. The minimum absolute atomic E-state index is 0.00469. The summed E-state index contributed by atoms with van der Waals surface area (Å²) >= 11 is 7.27. The molecule has 1 N–H and O–H groups in total. The third-order valence-electron chi connectivity index (χ3n) is 3.51. The van der Waals surface area contributed by atoms with Gasteiger partial charge in [-0.3, -0.25) is 9.20 Å². The van der Waals surface area contributed by atoms with Crippen LogP contribution in [0.25, 0.3) is 4.96 Å². The molecule has 3 aromatic rings. The van der Waals surface area contributed by atoms with E-state index in [1.807, 2.05) is 0 Å². The van der Waals surface area contributed by atoms with Crippen molar-refractivity contribution in [3.8, 4) is 0 Å². The second-order valence-electron chi connectivity index (χ2n) is 5.31. The van der Waals surface area contributed by atoms with Crippen molar-refractivity contribution in [2.45, 2.75) is 20.0 Å². The van der Waals surface area contributed by atoms with Crippen molar-refractivity contribution < 1.29 is 18.7 Å². The standard InChI is InChI=1S/C16H13ClFN3O3S/c1-8-3-4-10(7-11(8)18)19-14(22)9(2)24-15(23)12-13(17)20-16-21(12)5-6-25-16/h3-7,9H,1-2H3,(H,19,22)/t9-/m0/s1. The first-order valence-electron chi connectivity index (χ1n) is 7.26. The molecule has 0 unspecified atom stereocenters. The van der Waals surface area contributed by atoms with Crippen LogP contribution in [0, 0.1) is 12.7 Å². The summed E-state index contributed by atoms with van der Waals surface area (Å²) in [6.45, 7) is 3.03. The molecule has 0 aliphatic carbocycles. The van der Waals surface area contributed by atoms with Gasteiger partial charge in [0.25, 0.3) is 5.91 Å². The zero-order valence-electron chi connectivity index (χ0n) is 13.2. The number of amides is 1. The van der Waals surface area contributed by atoms with Crippen LogP contribution in [0.5, 0.6) is 0 Å². The van der Waals surface area contributed by atoms with E-state index in [0.29, 0.717) is 10.5 Å². The van der Waals surface area contributed by atoms with Gasteiger partial charge in [-0.2, -0.15) is 0 Å². The Balaban J connectivity index is 1.70. The van der Waals surface area contributed by atoms with Crippen LogP contribution in [0.1, 0.15) is 23.0 Å². The summed E-state index contributed by atoms with van der Waals surface area (Å²) < 4.78 is 20.2. The number of nitrogens with zero attached hydrogens (tertiary/aromatic N) is 2. The van der Waals surface area contributed by atoms with E-state index in [9.17, 15) is 14.0 Å². The number of anilines is 1. The van der Waals surface area contributed by atoms with Crippen molar-refractivity contribution in [2.75, 3.05) is 5.32 Å². The minimum atomic E-state index is -1.10. The molecule has 130 valence electrons. The Bertz CT molecular complexity index is 969. The molecule has 9 heteroatoms. The second kappa shape index (κ2) is 6.81. The van der Waals surface area contributed by atoms with E-state index in [2.05, 4.69) is 10.3 Å². The fourth-order valence-electron chi connectivity index (χ4n) is 2.13. The van der Waals surface area contributed by atoms with Crippen molar-refractivity contribution >= 4 is 45.5 Å². The number of nitrogens with one attached hydrogen (secondary N) is 1. The lowest BCUT2D eigenvalue weighted by Crippen LogP contribution is -2.30. The predicted molar refractivity (Wildman–Crippen MR) is 92.7 cm³/mol. The Morgan fingerprint density at radius 1 is 1.44 bits per heavy atom. The smallest absolute Gasteiger partial charge is 0.359 e. The maximum Gasteiger partial charge on any atom is 0.359 e. The molecule has 6 nitrogen and oxygen atoms in total. The van der Waals surface area contributed by atoms with Crippen LogP contribution in [0.2, 0.25) is 5.15 Å². The maximum atomic E-state index is 13.5. The summed E-state index contributed by atoms with van der Waals surface area (Å²) in [4.78, 5) is 29.0. The molecule has 1 amide bonds. The summed E-state index contributed by atoms with van der Waals surface area (Å²) in [6.07, 6.45) is 0.534. The Kier molecular flexibility index (Phi) is 4.73. The van der Waals surface area contributed by atoms with E-state index < -0.39 is 23.8 Å². The summed E-state index contributed by atoms with van der Waals surface area (Å²) in [6, 6.07) is 4.30. The number of halogens is 2. The van der Waals surface area contributed by atoms with E-state index in [4.69, 9.17) is 16.3 Å². The molecule has 0 spiro atoms. The van der Waals surface area contributed by atoms with Crippen LogP contribution < -0.4 is 5.32 Å². The average Bonchev–Trinajstić information content (AvgIpc) is 3.10. The molecule has 0 radical (unpaired) electrons. The summed E-state index contributed by atoms with van der Waals surface area (Å²) in [7, 11) is 0. The van der Waals surface area contributed by atoms with E-state index in [-0.39, 0.29) is 16.5 Å². The first kappa shape index (κ1) is 17.4. The highest BCUT2D eigenvalue weighted by molar-refractivity contribution is 7.15. The number of benzene rings is 1. The minimum Gasteiger partial charge on any atom is -0.448 e. The highest BCUT2D eigenvalue weighted by Crippen LogP contribution is 2.22. The Hall–Kier alpha value is -2.45. The van der Waals surface area contributed by atoms with Crippen LogP contribution in [-0.4, -0.2) is 27.4 Å². The van der Waals surface area contributed by atoms with Gasteiger partial charge in [-0.1, -0.05) is 17.7 Å². The van der Waals surface area contributed by atoms with Crippen molar-refractivity contribution in [1.29, 1.82) is 0 Å². The lowest BCUT2D eigenvalue weighted by atomic mass is 10.2. The van der Waals surface area contributed by atoms with Crippen molar-refractivity contribution in [3.05, 3.63) is 52.0 Å². The van der Waals surface area contributed by atoms with E-state index in [0.717, 1.165) is 0 Å². The van der Waals surface area contributed by atoms with Crippen LogP contribution >= 0.6 is 22.9 Å². The first-order chi connectivity index (χ1) is 11.9. The number of carbonyl (C=O) groups is 2. The number of carbonyl (C=O) groups excluding carboxylic acids is 2. The molecule has 0 saturated carbocycles. The fraction of sp³-hybridized carbons (Fsp3) is 0.188. The zero-order chi connectivity index (χ0) is 18.1. The molecule has 1 aromatic carbocycles. The van der Waals surface area contributed by atoms with E-state index in [1.165, 1.54) is 28.7 Å². The molecule has 1 atom stereocenters.